The van der Waals surface area contributed by atoms with Crippen LogP contribution in [-0.4, -0.2) is 29.7 Å². The number of thiophene rings is 1. The first-order valence-corrected chi connectivity index (χ1v) is 5.49. The van der Waals surface area contributed by atoms with Gasteiger partial charge in [0.05, 0.1) is 13.2 Å². The summed E-state index contributed by atoms with van der Waals surface area (Å²) in [5.74, 6) is -1.04. The van der Waals surface area contributed by atoms with E-state index in [2.05, 4.69) is 0 Å². The van der Waals surface area contributed by atoms with Gasteiger partial charge in [-0.25, -0.2) is 0 Å². The summed E-state index contributed by atoms with van der Waals surface area (Å²) in [7, 11) is 0. The number of hydrogen-bond acceptors (Lipinski definition) is 3. The molecule has 0 saturated heterocycles. The van der Waals surface area contributed by atoms with Crippen molar-refractivity contribution in [2.45, 2.75) is 11.8 Å². The largest absolute Gasteiger partial charge is 0.480 e. The van der Waals surface area contributed by atoms with Gasteiger partial charge in [-0.3, -0.25) is 4.79 Å². The van der Waals surface area contributed by atoms with Crippen molar-refractivity contribution in [1.29, 1.82) is 0 Å². The summed E-state index contributed by atoms with van der Waals surface area (Å²) in [6, 6.07) is 3.99. The first kappa shape index (κ1) is 11.5. The van der Waals surface area contributed by atoms with E-state index < -0.39 is 11.3 Å². The highest BCUT2D eigenvalue weighted by atomic mass is 35.5. The summed E-state index contributed by atoms with van der Waals surface area (Å²) in [6.07, 6.45) is 0.806. The topological polar surface area (TPSA) is 46.5 Å². The molecule has 0 aromatic carbocycles. The third kappa shape index (κ3) is 4.09. The van der Waals surface area contributed by atoms with Crippen molar-refractivity contribution in [3.8, 4) is 0 Å². The maximum absolute atomic E-state index is 10.3. The number of carboxylic acids is 1. The molecule has 0 aliphatic carbocycles. The Labute approximate surface area is 91.3 Å². The van der Waals surface area contributed by atoms with Crippen LogP contribution in [0.1, 0.15) is 4.88 Å². The molecule has 1 N–H and O–H groups in total. The highest BCUT2D eigenvalue weighted by molar-refractivity contribution is 7.09. The zero-order valence-electron chi connectivity index (χ0n) is 7.48. The number of halogens is 1. The van der Waals surface area contributed by atoms with Crippen LogP contribution in [0, 0.1) is 0 Å². The third-order valence-corrected chi connectivity index (χ3v) is 2.85. The Kier molecular flexibility index (Phi) is 4.93. The Morgan fingerprint density at radius 3 is 3.07 bits per heavy atom. The van der Waals surface area contributed by atoms with E-state index in [0.717, 1.165) is 6.42 Å². The van der Waals surface area contributed by atoms with Gasteiger partial charge in [-0.05, 0) is 11.4 Å². The van der Waals surface area contributed by atoms with Gasteiger partial charge in [0.15, 0.2) is 5.38 Å². The molecule has 1 aromatic rings. The molecule has 1 aromatic heterocycles. The summed E-state index contributed by atoms with van der Waals surface area (Å²) in [5, 5.41) is 9.51. The third-order valence-electron chi connectivity index (χ3n) is 1.61. The van der Waals surface area contributed by atoms with Crippen molar-refractivity contribution in [1.82, 2.24) is 0 Å². The lowest BCUT2D eigenvalue weighted by Crippen LogP contribution is -2.20. The van der Waals surface area contributed by atoms with Crippen molar-refractivity contribution >= 4 is 28.9 Å². The summed E-state index contributed by atoms with van der Waals surface area (Å²) >= 11 is 7.11. The van der Waals surface area contributed by atoms with Crippen molar-refractivity contribution in [2.75, 3.05) is 13.2 Å². The SMILES string of the molecule is O=C(O)C(Cl)COCCc1cccs1. The van der Waals surface area contributed by atoms with Crippen LogP contribution in [0.4, 0.5) is 0 Å². The summed E-state index contributed by atoms with van der Waals surface area (Å²) in [4.78, 5) is 11.5. The molecule has 1 heterocycles. The molecule has 0 saturated carbocycles. The second-order valence-electron chi connectivity index (χ2n) is 2.71. The van der Waals surface area contributed by atoms with E-state index in [1.54, 1.807) is 11.3 Å². The quantitative estimate of drug-likeness (QED) is 0.605. The highest BCUT2D eigenvalue weighted by Crippen LogP contribution is 2.09. The fraction of sp³-hybridized carbons (Fsp3) is 0.444. The van der Waals surface area contributed by atoms with E-state index in [4.69, 9.17) is 21.4 Å². The van der Waals surface area contributed by atoms with Crippen molar-refractivity contribution in [3.05, 3.63) is 22.4 Å². The first-order chi connectivity index (χ1) is 6.70. The first-order valence-electron chi connectivity index (χ1n) is 4.17. The number of carbonyl (C=O) groups is 1. The second kappa shape index (κ2) is 6.01. The average Bonchev–Trinajstić information content (AvgIpc) is 2.64. The molecule has 5 heteroatoms. The molecule has 0 bridgehead atoms. The standard InChI is InChI=1S/C9H11ClO3S/c10-8(9(11)12)6-13-4-3-7-2-1-5-14-7/h1-2,5,8H,3-4,6H2,(H,11,12). The molecule has 1 unspecified atom stereocenters. The van der Waals surface area contributed by atoms with E-state index in [-0.39, 0.29) is 6.61 Å². The molecule has 0 aliphatic heterocycles. The Morgan fingerprint density at radius 2 is 2.50 bits per heavy atom. The van der Waals surface area contributed by atoms with Crippen LogP contribution in [-0.2, 0) is 16.0 Å². The van der Waals surface area contributed by atoms with E-state index in [0.29, 0.717) is 6.61 Å². The fourth-order valence-corrected chi connectivity index (χ4v) is 1.67. The normalized spacial score (nSPS) is 12.6. The number of hydrogen-bond donors (Lipinski definition) is 1. The minimum Gasteiger partial charge on any atom is -0.480 e. The van der Waals surface area contributed by atoms with E-state index >= 15 is 0 Å². The summed E-state index contributed by atoms with van der Waals surface area (Å²) in [5.41, 5.74) is 0. The molecule has 0 radical (unpaired) electrons. The predicted octanol–water partition coefficient (Wildman–Crippen LogP) is 2.00. The molecule has 1 rings (SSSR count). The van der Waals surface area contributed by atoms with Gasteiger partial charge < -0.3 is 9.84 Å². The van der Waals surface area contributed by atoms with Crippen LogP contribution in [0.5, 0.6) is 0 Å². The Morgan fingerprint density at radius 1 is 1.71 bits per heavy atom. The number of rotatable bonds is 6. The zero-order chi connectivity index (χ0) is 10.4. The maximum atomic E-state index is 10.3. The van der Waals surface area contributed by atoms with Crippen LogP contribution in [0.3, 0.4) is 0 Å². The van der Waals surface area contributed by atoms with E-state index in [1.807, 2.05) is 17.5 Å². The van der Waals surface area contributed by atoms with Crippen LogP contribution in [0.25, 0.3) is 0 Å². The number of carboxylic acid groups (broad SMARTS) is 1. The molecule has 3 nitrogen and oxygen atoms in total. The van der Waals surface area contributed by atoms with Gasteiger partial charge in [0.2, 0.25) is 0 Å². The van der Waals surface area contributed by atoms with Gasteiger partial charge in [0.1, 0.15) is 0 Å². The molecule has 0 amide bonds. The van der Waals surface area contributed by atoms with Crippen molar-refractivity contribution in [2.24, 2.45) is 0 Å². The molecule has 0 spiro atoms. The molecule has 1 atom stereocenters. The summed E-state index contributed by atoms with van der Waals surface area (Å²) < 4.78 is 5.12. The van der Waals surface area contributed by atoms with Gasteiger partial charge in [-0.15, -0.1) is 22.9 Å². The number of aliphatic carboxylic acids is 1. The second-order valence-corrected chi connectivity index (χ2v) is 4.27. The Hall–Kier alpha value is -0.580. The Bertz CT molecular complexity index is 274. The van der Waals surface area contributed by atoms with Crippen molar-refractivity contribution in [3.63, 3.8) is 0 Å². The molecule has 78 valence electrons. The average molecular weight is 235 g/mol. The number of ether oxygens (including phenoxy) is 1. The van der Waals surface area contributed by atoms with Crippen LogP contribution < -0.4 is 0 Å². The van der Waals surface area contributed by atoms with Gasteiger partial charge in [0, 0.05) is 11.3 Å². The smallest absolute Gasteiger partial charge is 0.324 e. The highest BCUT2D eigenvalue weighted by Gasteiger charge is 2.12. The van der Waals surface area contributed by atoms with Gasteiger partial charge >= 0.3 is 5.97 Å². The van der Waals surface area contributed by atoms with Gasteiger partial charge in [-0.2, -0.15) is 0 Å². The fourth-order valence-electron chi connectivity index (χ4n) is 0.886. The number of alkyl halides is 1. The zero-order valence-corrected chi connectivity index (χ0v) is 9.05. The lowest BCUT2D eigenvalue weighted by molar-refractivity contribution is -0.137. The molecule has 0 fully saturated rings. The predicted molar refractivity (Wildman–Crippen MR) is 56.1 cm³/mol. The Balaban J connectivity index is 2.08. The lowest BCUT2D eigenvalue weighted by Gasteiger charge is -2.04. The van der Waals surface area contributed by atoms with E-state index in [1.165, 1.54) is 4.88 Å². The molecular weight excluding hydrogens is 224 g/mol. The van der Waals surface area contributed by atoms with Gasteiger partial charge in [-0.1, -0.05) is 6.07 Å². The molecule has 14 heavy (non-hydrogen) atoms. The van der Waals surface area contributed by atoms with Crippen molar-refractivity contribution < 1.29 is 14.6 Å². The minimum absolute atomic E-state index is 0.0578. The van der Waals surface area contributed by atoms with Crippen LogP contribution in [0.15, 0.2) is 17.5 Å². The molecule has 0 aliphatic rings. The lowest BCUT2D eigenvalue weighted by atomic mass is 10.4. The minimum atomic E-state index is -1.04. The molecular formula is C9H11ClO3S. The summed E-state index contributed by atoms with van der Waals surface area (Å²) in [6.45, 7) is 0.569. The van der Waals surface area contributed by atoms with Crippen LogP contribution in [0.2, 0.25) is 0 Å². The maximum Gasteiger partial charge on any atom is 0.324 e. The van der Waals surface area contributed by atoms with E-state index in [9.17, 15) is 4.79 Å². The van der Waals surface area contributed by atoms with Gasteiger partial charge in [0.25, 0.3) is 0 Å². The van der Waals surface area contributed by atoms with Crippen LogP contribution >= 0.6 is 22.9 Å². The monoisotopic (exact) mass is 234 g/mol.